The summed E-state index contributed by atoms with van der Waals surface area (Å²) in [5, 5.41) is 107. The highest BCUT2D eigenvalue weighted by Crippen LogP contribution is 2.77. The van der Waals surface area contributed by atoms with Crippen LogP contribution in [0.15, 0.2) is 36.6 Å². The Labute approximate surface area is 388 Å². The molecule has 4 unspecified atom stereocenters. The van der Waals surface area contributed by atoms with Crippen LogP contribution in [0.25, 0.3) is 0 Å². The Morgan fingerprint density at radius 3 is 1.95 bits per heavy atom. The van der Waals surface area contributed by atoms with Gasteiger partial charge in [0.1, 0.15) is 67.1 Å². The molecule has 0 radical (unpaired) electrons. The van der Waals surface area contributed by atoms with Crippen molar-refractivity contribution in [1.82, 2.24) is 0 Å². The lowest BCUT2D eigenvalue weighted by molar-refractivity contribution is -0.362. The lowest BCUT2D eigenvalue weighted by Crippen LogP contribution is -2.65. The summed E-state index contributed by atoms with van der Waals surface area (Å²) in [5.74, 6) is 0.677. The molecule has 17 heteroatoms. The molecule has 66 heavy (non-hydrogen) atoms. The molecule has 0 aromatic carbocycles. The van der Waals surface area contributed by atoms with Gasteiger partial charge in [-0.25, -0.2) is 0 Å². The monoisotopic (exact) mass is 939 g/mol. The smallest absolute Gasteiger partial charge is 0.303 e. The molecule has 7 fully saturated rings. The second-order valence-electron chi connectivity index (χ2n) is 22.0. The maximum Gasteiger partial charge on any atom is 0.303 e. The van der Waals surface area contributed by atoms with Crippen molar-refractivity contribution in [3.05, 3.63) is 36.6 Å². The summed E-state index contributed by atoms with van der Waals surface area (Å²) in [6.07, 6.45) is -15.5. The molecule has 0 aromatic rings. The number of aliphatic hydroxyl groups excluding tert-OH is 9. The molecule has 0 aromatic heterocycles. The van der Waals surface area contributed by atoms with Crippen molar-refractivity contribution in [2.24, 2.45) is 51.2 Å². The molecule has 24 atom stereocenters. The van der Waals surface area contributed by atoms with Crippen LogP contribution in [0.3, 0.4) is 0 Å². The number of ether oxygens (including phenoxy) is 6. The Kier molecular flexibility index (Phi) is 15.1. The van der Waals surface area contributed by atoms with Crippen LogP contribution in [-0.4, -0.2) is 162 Å². The second-order valence-corrected chi connectivity index (χ2v) is 22.0. The molecule has 376 valence electrons. The summed E-state index contributed by atoms with van der Waals surface area (Å²) in [7, 11) is 0. The van der Waals surface area contributed by atoms with E-state index in [1.54, 1.807) is 0 Å². The molecule has 3 aliphatic heterocycles. The standard InChI is InChI=1S/C49H78O17/c1-22(2)26-12-17-49(19-18-47(8)28(33(26)49)10-11-31-46(7,15-14-32(51)52)27(23(3)4)13-16-48(31,47)9)25(6)63-45-40(59)37(56)35(54)30(65-45)21-61-43-41(60)38(57)42(29(20-50)64-43)66-44-39(58)36(55)34(53)24(5)62-44/h24,26-31,33-45,50,53-60H,1,3,6,10-21H2,2,4-5,7-9H3,(H,51,52)/t24-,26-,27-,28?,29+,30+,31?,33?,34-,35+,36+,37-,38+,39+,40+,41+,42+,43+,44-,45+,46-,47+,48+,49?/m0/s1. The molecule has 4 aliphatic carbocycles. The van der Waals surface area contributed by atoms with Gasteiger partial charge in [-0.15, -0.1) is 0 Å². The fraction of sp³-hybridized carbons (Fsp3) is 0.857. The van der Waals surface area contributed by atoms with Crippen LogP contribution in [0.1, 0.15) is 106 Å². The number of aliphatic carboxylic acids is 1. The van der Waals surface area contributed by atoms with E-state index >= 15 is 0 Å². The third-order valence-electron chi connectivity index (χ3n) is 18.6. The molecule has 4 saturated carbocycles. The van der Waals surface area contributed by atoms with Crippen LogP contribution in [0.5, 0.6) is 0 Å². The van der Waals surface area contributed by atoms with E-state index in [-0.39, 0.29) is 46.3 Å². The first kappa shape index (κ1) is 51.8. The number of allylic oxidation sites excluding steroid dienone is 3. The van der Waals surface area contributed by atoms with Crippen molar-refractivity contribution in [2.75, 3.05) is 13.2 Å². The van der Waals surface area contributed by atoms with Crippen molar-refractivity contribution in [3.63, 3.8) is 0 Å². The van der Waals surface area contributed by atoms with E-state index in [0.29, 0.717) is 18.1 Å². The fourth-order valence-corrected chi connectivity index (χ4v) is 14.8. The number of carboxylic acid groups (broad SMARTS) is 1. The van der Waals surface area contributed by atoms with Gasteiger partial charge in [0.2, 0.25) is 6.29 Å². The minimum absolute atomic E-state index is 0.0856. The average Bonchev–Trinajstić information content (AvgIpc) is 3.67. The maximum absolute atomic E-state index is 12.0. The SMILES string of the molecule is C=C(C)[C@@H]1CCC2(C(=C)O[C@@H]3O[C@H](CO[C@@H]4O[C@H](CO)[C@@H](O[C@@H]5O[C@@H](C)[C@H](O)[C@@H](O)[C@H]5O)[C@H](O)[C@H]4O)[C@@H](O)[C@H](O)[C@H]3O)CC[C@]3(C)C(CCC4[C@@](C)(CCC(=O)O)[C@H](C(=C)C)CC[C@]43C)C12. The molecule has 0 amide bonds. The first-order valence-electron chi connectivity index (χ1n) is 24.1. The highest BCUT2D eigenvalue weighted by Gasteiger charge is 2.70. The van der Waals surface area contributed by atoms with Crippen molar-refractivity contribution in [1.29, 1.82) is 0 Å². The highest BCUT2D eigenvalue weighted by atomic mass is 16.8. The van der Waals surface area contributed by atoms with Crippen LogP contribution in [0.4, 0.5) is 0 Å². The Morgan fingerprint density at radius 2 is 1.32 bits per heavy atom. The van der Waals surface area contributed by atoms with E-state index in [1.807, 2.05) is 0 Å². The van der Waals surface area contributed by atoms with Gasteiger partial charge in [-0.1, -0.05) is 51.7 Å². The Morgan fingerprint density at radius 1 is 0.682 bits per heavy atom. The summed E-state index contributed by atoms with van der Waals surface area (Å²) in [4.78, 5) is 12.0. The first-order valence-corrected chi connectivity index (χ1v) is 24.1. The lowest BCUT2D eigenvalue weighted by atomic mass is 9.34. The van der Waals surface area contributed by atoms with Crippen LogP contribution < -0.4 is 0 Å². The van der Waals surface area contributed by atoms with Gasteiger partial charge < -0.3 is 79.5 Å². The van der Waals surface area contributed by atoms with Crippen LogP contribution in [-0.2, 0) is 33.2 Å². The quantitative estimate of drug-likeness (QED) is 0.0884. The van der Waals surface area contributed by atoms with Crippen molar-refractivity contribution in [2.45, 2.75) is 198 Å². The number of hydrogen-bond donors (Lipinski definition) is 10. The summed E-state index contributed by atoms with van der Waals surface area (Å²) in [6, 6.07) is 0. The van der Waals surface area contributed by atoms with E-state index in [4.69, 9.17) is 28.4 Å². The van der Waals surface area contributed by atoms with Crippen molar-refractivity contribution >= 4 is 5.97 Å². The normalized spacial score (nSPS) is 51.5. The zero-order valence-electron chi connectivity index (χ0n) is 39.5. The molecule has 0 spiro atoms. The Balaban J connectivity index is 1.06. The molecule has 0 bridgehead atoms. The molecule has 3 saturated heterocycles. The largest absolute Gasteiger partial charge is 0.481 e. The molecule has 3 heterocycles. The topological polar surface area (TPSA) is 275 Å². The Hall–Kier alpha value is -2.07. The van der Waals surface area contributed by atoms with Gasteiger partial charge >= 0.3 is 5.97 Å². The molecule has 7 aliphatic rings. The number of aliphatic hydroxyl groups is 9. The average molecular weight is 939 g/mol. The molecule has 17 nitrogen and oxygen atoms in total. The number of fused-ring (bicyclic) bond motifs is 5. The summed E-state index contributed by atoms with van der Waals surface area (Å²) in [5.41, 5.74) is 1.26. The number of carboxylic acids is 1. The van der Waals surface area contributed by atoms with Gasteiger partial charge in [-0.3, -0.25) is 4.79 Å². The molecule has 7 rings (SSSR count). The molecular weight excluding hydrogens is 861 g/mol. The zero-order chi connectivity index (χ0) is 48.6. The van der Waals surface area contributed by atoms with E-state index in [2.05, 4.69) is 54.4 Å². The second kappa shape index (κ2) is 19.3. The summed E-state index contributed by atoms with van der Waals surface area (Å²) >= 11 is 0. The van der Waals surface area contributed by atoms with Crippen molar-refractivity contribution < 1.29 is 84.3 Å². The number of hydrogen-bond acceptors (Lipinski definition) is 16. The van der Waals surface area contributed by atoms with Gasteiger partial charge in [0.25, 0.3) is 0 Å². The zero-order valence-corrected chi connectivity index (χ0v) is 39.5. The number of carbonyl (C=O) groups is 1. The minimum atomic E-state index is -1.82. The minimum Gasteiger partial charge on any atom is -0.481 e. The molecule has 10 N–H and O–H groups in total. The fourth-order valence-electron chi connectivity index (χ4n) is 14.8. The summed E-state index contributed by atoms with van der Waals surface area (Å²) in [6.45, 7) is 24.9. The third kappa shape index (κ3) is 8.56. The first-order chi connectivity index (χ1) is 30.9. The summed E-state index contributed by atoms with van der Waals surface area (Å²) < 4.78 is 35.4. The number of rotatable bonds is 14. The van der Waals surface area contributed by atoms with Crippen LogP contribution in [0.2, 0.25) is 0 Å². The van der Waals surface area contributed by atoms with Gasteiger partial charge in [0, 0.05) is 11.8 Å². The van der Waals surface area contributed by atoms with Crippen LogP contribution >= 0.6 is 0 Å². The van der Waals surface area contributed by atoms with Crippen molar-refractivity contribution in [3.8, 4) is 0 Å². The predicted octanol–water partition coefficient (Wildman–Crippen LogP) is 2.27. The third-order valence-corrected chi connectivity index (χ3v) is 18.6. The van der Waals surface area contributed by atoms with Gasteiger partial charge in [-0.05, 0) is 124 Å². The van der Waals surface area contributed by atoms with Gasteiger partial charge in [0.05, 0.1) is 25.1 Å². The Bertz CT molecular complexity index is 1790. The van der Waals surface area contributed by atoms with Gasteiger partial charge in [0.15, 0.2) is 12.6 Å². The lowest BCUT2D eigenvalue weighted by Gasteiger charge is -2.71. The van der Waals surface area contributed by atoms with E-state index in [9.17, 15) is 55.9 Å². The molecular formula is C49H78O17. The van der Waals surface area contributed by atoms with E-state index in [1.165, 1.54) is 6.92 Å². The predicted molar refractivity (Wildman–Crippen MR) is 235 cm³/mol. The van der Waals surface area contributed by atoms with E-state index < -0.39 is 117 Å². The van der Waals surface area contributed by atoms with E-state index in [0.717, 1.165) is 62.5 Å². The van der Waals surface area contributed by atoms with Gasteiger partial charge in [-0.2, -0.15) is 0 Å². The maximum atomic E-state index is 12.0. The highest BCUT2D eigenvalue weighted by molar-refractivity contribution is 5.66. The van der Waals surface area contributed by atoms with Crippen LogP contribution in [0, 0.1) is 51.2 Å².